The van der Waals surface area contributed by atoms with Crippen molar-refractivity contribution in [1.29, 1.82) is 0 Å². The Hall–Kier alpha value is -2.54. The molecule has 0 aliphatic heterocycles. The summed E-state index contributed by atoms with van der Waals surface area (Å²) >= 11 is 1.22. The summed E-state index contributed by atoms with van der Waals surface area (Å²) in [6, 6.07) is 11.9. The second-order valence-electron chi connectivity index (χ2n) is 5.67. The van der Waals surface area contributed by atoms with Crippen LogP contribution in [0.5, 0.6) is 0 Å². The molecule has 25 heavy (non-hydrogen) atoms. The molecule has 3 aromatic rings. The standard InChI is InChI=1S/C18H19N3O3S/c1-12(14-6-4-3-5-7-14)10-19-16(22)11-25-18-21-20-17(24-18)15-8-9-23-13(15)2/h3-9,12H,10-11H2,1-2H3,(H,19,22)/t12-/m0/s1. The van der Waals surface area contributed by atoms with Gasteiger partial charge in [0.15, 0.2) is 0 Å². The Labute approximate surface area is 150 Å². The molecule has 0 saturated carbocycles. The lowest BCUT2D eigenvalue weighted by Crippen LogP contribution is -2.28. The van der Waals surface area contributed by atoms with Crippen molar-refractivity contribution in [2.24, 2.45) is 0 Å². The molecule has 0 aliphatic rings. The number of furan rings is 1. The van der Waals surface area contributed by atoms with Gasteiger partial charge in [-0.1, -0.05) is 49.0 Å². The summed E-state index contributed by atoms with van der Waals surface area (Å²) < 4.78 is 10.8. The predicted octanol–water partition coefficient (Wildman–Crippen LogP) is 3.65. The van der Waals surface area contributed by atoms with Crippen molar-refractivity contribution in [3.8, 4) is 11.5 Å². The summed E-state index contributed by atoms with van der Waals surface area (Å²) in [7, 11) is 0. The number of rotatable bonds is 7. The first-order valence-corrected chi connectivity index (χ1v) is 8.94. The Bertz CT molecular complexity index is 829. The third kappa shape index (κ3) is 4.51. The summed E-state index contributed by atoms with van der Waals surface area (Å²) in [5.74, 6) is 1.54. The van der Waals surface area contributed by atoms with Gasteiger partial charge in [0.2, 0.25) is 5.91 Å². The van der Waals surface area contributed by atoms with Crippen LogP contribution >= 0.6 is 11.8 Å². The number of thioether (sulfide) groups is 1. The number of hydrogen-bond donors (Lipinski definition) is 1. The van der Waals surface area contributed by atoms with Crippen molar-refractivity contribution in [3.63, 3.8) is 0 Å². The fraction of sp³-hybridized carbons (Fsp3) is 0.278. The zero-order valence-electron chi connectivity index (χ0n) is 14.1. The minimum Gasteiger partial charge on any atom is -0.469 e. The van der Waals surface area contributed by atoms with Gasteiger partial charge in [-0.05, 0) is 24.5 Å². The van der Waals surface area contributed by atoms with E-state index in [2.05, 4.69) is 34.6 Å². The van der Waals surface area contributed by atoms with Crippen molar-refractivity contribution < 1.29 is 13.6 Å². The van der Waals surface area contributed by atoms with E-state index in [0.29, 0.717) is 23.4 Å². The highest BCUT2D eigenvalue weighted by Gasteiger charge is 2.14. The van der Waals surface area contributed by atoms with Gasteiger partial charge >= 0.3 is 0 Å². The first-order chi connectivity index (χ1) is 12.1. The number of amides is 1. The second-order valence-corrected chi connectivity index (χ2v) is 6.59. The van der Waals surface area contributed by atoms with Crippen molar-refractivity contribution in [2.45, 2.75) is 25.0 Å². The lowest BCUT2D eigenvalue weighted by molar-refractivity contribution is -0.118. The maximum absolute atomic E-state index is 12.0. The minimum atomic E-state index is -0.0629. The first-order valence-electron chi connectivity index (χ1n) is 7.96. The van der Waals surface area contributed by atoms with E-state index in [1.165, 1.54) is 17.3 Å². The van der Waals surface area contributed by atoms with E-state index >= 15 is 0 Å². The Morgan fingerprint density at radius 2 is 2.04 bits per heavy atom. The quantitative estimate of drug-likeness (QED) is 0.650. The lowest BCUT2D eigenvalue weighted by Gasteiger charge is -2.12. The monoisotopic (exact) mass is 357 g/mol. The van der Waals surface area contributed by atoms with Gasteiger partial charge in [0.25, 0.3) is 11.1 Å². The topological polar surface area (TPSA) is 81.2 Å². The Morgan fingerprint density at radius 1 is 1.24 bits per heavy atom. The molecule has 0 fully saturated rings. The van der Waals surface area contributed by atoms with Crippen LogP contribution in [0, 0.1) is 6.92 Å². The number of nitrogens with one attached hydrogen (secondary N) is 1. The van der Waals surface area contributed by atoms with Crippen LogP contribution in [0.4, 0.5) is 0 Å². The van der Waals surface area contributed by atoms with E-state index in [-0.39, 0.29) is 17.6 Å². The summed E-state index contributed by atoms with van der Waals surface area (Å²) in [6.45, 7) is 4.50. The van der Waals surface area contributed by atoms with Gasteiger partial charge in [0.1, 0.15) is 5.76 Å². The fourth-order valence-corrected chi connectivity index (χ4v) is 2.92. The van der Waals surface area contributed by atoms with E-state index < -0.39 is 0 Å². The number of nitrogens with zero attached hydrogens (tertiary/aromatic N) is 2. The first kappa shape index (κ1) is 17.3. The molecule has 1 N–H and O–H groups in total. The van der Waals surface area contributed by atoms with E-state index in [1.807, 2.05) is 25.1 Å². The van der Waals surface area contributed by atoms with Gasteiger partial charge in [0.05, 0.1) is 17.6 Å². The van der Waals surface area contributed by atoms with Crippen LogP contribution in [0.25, 0.3) is 11.5 Å². The van der Waals surface area contributed by atoms with Crippen LogP contribution in [-0.2, 0) is 4.79 Å². The van der Waals surface area contributed by atoms with E-state index in [1.54, 1.807) is 12.3 Å². The zero-order valence-corrected chi connectivity index (χ0v) is 14.9. The van der Waals surface area contributed by atoms with E-state index in [4.69, 9.17) is 8.83 Å². The maximum Gasteiger partial charge on any atom is 0.277 e. The van der Waals surface area contributed by atoms with Gasteiger partial charge < -0.3 is 14.2 Å². The van der Waals surface area contributed by atoms with Crippen molar-refractivity contribution in [1.82, 2.24) is 15.5 Å². The molecule has 1 amide bonds. The molecular formula is C18H19N3O3S. The number of carbonyl (C=O) groups excluding carboxylic acids is 1. The Balaban J connectivity index is 1.46. The molecule has 7 heteroatoms. The van der Waals surface area contributed by atoms with Gasteiger partial charge in [0, 0.05) is 6.54 Å². The normalized spacial score (nSPS) is 12.1. The number of benzene rings is 1. The molecule has 0 spiro atoms. The lowest BCUT2D eigenvalue weighted by atomic mass is 10.0. The SMILES string of the molecule is Cc1occc1-c1nnc(SCC(=O)NC[C@H](C)c2ccccc2)o1. The van der Waals surface area contributed by atoms with Crippen molar-refractivity contribution in [3.05, 3.63) is 54.0 Å². The highest BCUT2D eigenvalue weighted by molar-refractivity contribution is 7.99. The summed E-state index contributed by atoms with van der Waals surface area (Å²) in [5.41, 5.74) is 1.97. The summed E-state index contributed by atoms with van der Waals surface area (Å²) in [6.07, 6.45) is 1.57. The van der Waals surface area contributed by atoms with Crippen molar-refractivity contribution in [2.75, 3.05) is 12.3 Å². The van der Waals surface area contributed by atoms with Gasteiger partial charge in [-0.2, -0.15) is 0 Å². The number of aromatic nitrogens is 2. The summed E-state index contributed by atoms with van der Waals surface area (Å²) in [4.78, 5) is 12.0. The molecular weight excluding hydrogens is 338 g/mol. The molecule has 2 heterocycles. The number of hydrogen-bond acceptors (Lipinski definition) is 6. The highest BCUT2D eigenvalue weighted by atomic mass is 32.2. The largest absolute Gasteiger partial charge is 0.469 e. The number of aryl methyl sites for hydroxylation is 1. The van der Waals surface area contributed by atoms with Crippen LogP contribution in [-0.4, -0.2) is 28.4 Å². The van der Waals surface area contributed by atoms with Crippen molar-refractivity contribution >= 4 is 17.7 Å². The molecule has 3 rings (SSSR count). The van der Waals surface area contributed by atoms with Crippen LogP contribution in [0.3, 0.4) is 0 Å². The molecule has 0 bridgehead atoms. The van der Waals surface area contributed by atoms with Crippen LogP contribution in [0.1, 0.15) is 24.2 Å². The Morgan fingerprint density at radius 3 is 2.76 bits per heavy atom. The highest BCUT2D eigenvalue weighted by Crippen LogP contribution is 2.26. The molecule has 6 nitrogen and oxygen atoms in total. The van der Waals surface area contributed by atoms with Crippen LogP contribution in [0.2, 0.25) is 0 Å². The van der Waals surface area contributed by atoms with E-state index in [9.17, 15) is 4.79 Å². The molecule has 130 valence electrons. The second kappa shape index (κ2) is 8.02. The maximum atomic E-state index is 12.0. The Kier molecular flexibility index (Phi) is 5.55. The van der Waals surface area contributed by atoms with Gasteiger partial charge in [-0.25, -0.2) is 0 Å². The fourth-order valence-electron chi connectivity index (χ4n) is 2.33. The van der Waals surface area contributed by atoms with Gasteiger partial charge in [-0.3, -0.25) is 4.79 Å². The molecule has 0 unspecified atom stereocenters. The molecule has 0 saturated heterocycles. The molecule has 1 aromatic carbocycles. The minimum absolute atomic E-state index is 0.0629. The predicted molar refractivity (Wildman–Crippen MR) is 95.3 cm³/mol. The number of carbonyl (C=O) groups is 1. The van der Waals surface area contributed by atoms with Crippen LogP contribution in [0.15, 0.2) is 56.7 Å². The average Bonchev–Trinajstić information content (AvgIpc) is 3.27. The molecule has 2 aromatic heterocycles. The van der Waals surface area contributed by atoms with Crippen LogP contribution < -0.4 is 5.32 Å². The third-order valence-electron chi connectivity index (χ3n) is 3.80. The smallest absolute Gasteiger partial charge is 0.277 e. The summed E-state index contributed by atoms with van der Waals surface area (Å²) in [5, 5.41) is 11.2. The molecule has 0 aliphatic carbocycles. The molecule has 1 atom stereocenters. The third-order valence-corrected chi connectivity index (χ3v) is 4.61. The van der Waals surface area contributed by atoms with E-state index in [0.717, 1.165) is 5.56 Å². The average molecular weight is 357 g/mol. The van der Waals surface area contributed by atoms with Gasteiger partial charge in [-0.15, -0.1) is 10.2 Å². The molecule has 0 radical (unpaired) electrons. The zero-order chi connectivity index (χ0) is 17.6.